The van der Waals surface area contributed by atoms with Crippen LogP contribution < -0.4 is 0 Å². The summed E-state index contributed by atoms with van der Waals surface area (Å²) in [7, 11) is 0. The van der Waals surface area contributed by atoms with Crippen LogP contribution >= 0.6 is 11.3 Å². The van der Waals surface area contributed by atoms with Gasteiger partial charge in [-0.1, -0.05) is 12.5 Å². The van der Waals surface area contributed by atoms with E-state index in [1.807, 2.05) is 29.2 Å². The second kappa shape index (κ2) is 6.64. The lowest BCUT2D eigenvalue weighted by molar-refractivity contribution is -0.0656. The fraction of sp³-hybridized carbons (Fsp3) is 0.375. The predicted octanol–water partition coefficient (Wildman–Crippen LogP) is 5.73. The van der Waals surface area contributed by atoms with Crippen LogP contribution in [-0.4, -0.2) is 14.9 Å². The number of nitrogens with zero attached hydrogens (tertiary/aromatic N) is 2. The van der Waals surface area contributed by atoms with Gasteiger partial charge in [0.1, 0.15) is 5.82 Å². The van der Waals surface area contributed by atoms with Crippen LogP contribution in [0.15, 0.2) is 52.9 Å². The summed E-state index contributed by atoms with van der Waals surface area (Å²) in [6, 6.07) is 8.52. The molecule has 0 bridgehead atoms. The van der Waals surface area contributed by atoms with Gasteiger partial charge in [-0.3, -0.25) is 0 Å². The fourth-order valence-corrected chi connectivity index (χ4v) is 6.25. The Hall–Kier alpha value is -2.24. The van der Waals surface area contributed by atoms with Gasteiger partial charge in [0.05, 0.1) is 23.2 Å². The molecule has 1 N–H and O–H groups in total. The van der Waals surface area contributed by atoms with Gasteiger partial charge in [0, 0.05) is 5.92 Å². The summed E-state index contributed by atoms with van der Waals surface area (Å²) in [6.45, 7) is 4.28. The molecule has 150 valence electrons. The van der Waals surface area contributed by atoms with Gasteiger partial charge in [-0.15, -0.1) is 0 Å². The van der Waals surface area contributed by atoms with Crippen molar-refractivity contribution in [3.8, 4) is 5.69 Å². The van der Waals surface area contributed by atoms with E-state index in [1.54, 1.807) is 23.5 Å². The highest BCUT2D eigenvalue weighted by Crippen LogP contribution is 2.56. The number of fused-ring (bicyclic) bond motifs is 2. The monoisotopic (exact) mass is 408 g/mol. The molecule has 2 aliphatic rings. The highest BCUT2D eigenvalue weighted by atomic mass is 32.1. The van der Waals surface area contributed by atoms with Crippen molar-refractivity contribution >= 4 is 17.4 Å². The summed E-state index contributed by atoms with van der Waals surface area (Å²) in [4.78, 5) is 0. The molecule has 0 amide bonds. The molecule has 0 spiro atoms. The number of thiophene rings is 1. The first-order valence-corrected chi connectivity index (χ1v) is 11.1. The summed E-state index contributed by atoms with van der Waals surface area (Å²) in [6.07, 6.45) is 8.19. The first-order valence-electron chi connectivity index (χ1n) is 10.2. The standard InChI is InChI=1S/C24H25FN2OS/c1-23-13-16-14-26-27(20-8-6-19(25)7-9-20)21(16)12-17(23)4-3-5-22(23)24(2,28)18-10-11-29-15-18/h6-12,14-15,22,28H,3-5,13H2,1-2H3/t22-,23-,24+/m0/s1. The zero-order valence-electron chi connectivity index (χ0n) is 16.7. The normalized spacial score (nSPS) is 25.7. The Bertz CT molecular complexity index is 1070. The Labute approximate surface area is 174 Å². The number of hydrogen-bond acceptors (Lipinski definition) is 3. The van der Waals surface area contributed by atoms with Gasteiger partial charge in [-0.25, -0.2) is 9.07 Å². The third-order valence-corrected chi connectivity index (χ3v) is 7.74. The number of allylic oxidation sites excluding steroid dienone is 1. The van der Waals surface area contributed by atoms with Gasteiger partial charge in [-0.2, -0.15) is 16.4 Å². The zero-order valence-corrected chi connectivity index (χ0v) is 17.5. The maximum Gasteiger partial charge on any atom is 0.123 e. The molecule has 2 aliphatic carbocycles. The van der Waals surface area contributed by atoms with Crippen LogP contribution in [0.3, 0.4) is 0 Å². The Balaban J connectivity index is 1.56. The van der Waals surface area contributed by atoms with Crippen molar-refractivity contribution < 1.29 is 9.50 Å². The fourth-order valence-electron chi connectivity index (χ4n) is 5.48. The molecule has 1 aromatic carbocycles. The van der Waals surface area contributed by atoms with Crippen LogP contribution in [0.1, 0.15) is 49.9 Å². The van der Waals surface area contributed by atoms with Crippen LogP contribution in [0.4, 0.5) is 4.39 Å². The van der Waals surface area contributed by atoms with Gasteiger partial charge in [0.15, 0.2) is 0 Å². The quantitative estimate of drug-likeness (QED) is 0.601. The molecule has 5 heteroatoms. The highest BCUT2D eigenvalue weighted by Gasteiger charge is 2.51. The predicted molar refractivity (Wildman–Crippen MR) is 115 cm³/mol. The van der Waals surface area contributed by atoms with Crippen LogP contribution in [-0.2, 0) is 12.0 Å². The maximum atomic E-state index is 13.3. The Morgan fingerprint density at radius 2 is 2.07 bits per heavy atom. The lowest BCUT2D eigenvalue weighted by Crippen LogP contribution is -2.47. The Kier molecular flexibility index (Phi) is 4.30. The molecule has 0 aliphatic heterocycles. The molecule has 0 unspecified atom stereocenters. The summed E-state index contributed by atoms with van der Waals surface area (Å²) in [5.74, 6) is -0.0987. The first kappa shape index (κ1) is 18.8. The van der Waals surface area contributed by atoms with Gasteiger partial charge < -0.3 is 5.11 Å². The van der Waals surface area contributed by atoms with Crippen molar-refractivity contribution in [3.05, 3.63) is 75.5 Å². The van der Waals surface area contributed by atoms with Gasteiger partial charge in [0.2, 0.25) is 0 Å². The van der Waals surface area contributed by atoms with Crippen molar-refractivity contribution in [3.63, 3.8) is 0 Å². The molecule has 1 fully saturated rings. The lowest BCUT2D eigenvalue weighted by atomic mass is 9.55. The van der Waals surface area contributed by atoms with E-state index in [0.717, 1.165) is 42.6 Å². The van der Waals surface area contributed by atoms with E-state index in [2.05, 4.69) is 23.5 Å². The van der Waals surface area contributed by atoms with Crippen LogP contribution in [0.2, 0.25) is 0 Å². The topological polar surface area (TPSA) is 38.0 Å². The van der Waals surface area contributed by atoms with Gasteiger partial charge >= 0.3 is 0 Å². The second-order valence-electron chi connectivity index (χ2n) is 8.81. The van der Waals surface area contributed by atoms with Crippen molar-refractivity contribution in [2.75, 3.05) is 0 Å². The number of rotatable bonds is 3. The molecule has 2 aromatic heterocycles. The number of benzene rings is 1. The van der Waals surface area contributed by atoms with Gasteiger partial charge in [0.25, 0.3) is 0 Å². The third kappa shape index (κ3) is 2.90. The van der Waals surface area contributed by atoms with Crippen molar-refractivity contribution in [1.82, 2.24) is 9.78 Å². The molecule has 3 aromatic rings. The average molecular weight is 409 g/mol. The molecule has 3 nitrogen and oxygen atoms in total. The number of halogens is 1. The summed E-state index contributed by atoms with van der Waals surface area (Å²) in [5.41, 5.74) is 4.58. The van der Waals surface area contributed by atoms with Crippen LogP contribution in [0, 0.1) is 17.2 Å². The summed E-state index contributed by atoms with van der Waals surface area (Å²) >= 11 is 1.63. The van der Waals surface area contributed by atoms with Crippen molar-refractivity contribution in [2.45, 2.75) is 45.1 Å². The van der Waals surface area contributed by atoms with E-state index in [9.17, 15) is 9.50 Å². The third-order valence-electron chi connectivity index (χ3n) is 7.05. The van der Waals surface area contributed by atoms with Gasteiger partial charge in [-0.05, 0) is 96.3 Å². The van der Waals surface area contributed by atoms with E-state index in [4.69, 9.17) is 0 Å². The van der Waals surface area contributed by atoms with Crippen LogP contribution in [0.5, 0.6) is 0 Å². The molecule has 29 heavy (non-hydrogen) atoms. The zero-order chi connectivity index (χ0) is 20.2. The minimum Gasteiger partial charge on any atom is -0.385 e. The molecule has 2 heterocycles. The molecule has 3 atom stereocenters. The van der Waals surface area contributed by atoms with E-state index >= 15 is 0 Å². The molecule has 0 saturated heterocycles. The van der Waals surface area contributed by atoms with E-state index in [1.165, 1.54) is 23.3 Å². The minimum absolute atomic E-state index is 0.104. The molecule has 0 radical (unpaired) electrons. The number of aliphatic hydroxyl groups is 1. The minimum atomic E-state index is -0.862. The molecular weight excluding hydrogens is 383 g/mol. The number of hydrogen-bond donors (Lipinski definition) is 1. The SMILES string of the molecule is C[C@]12Cc3cnn(-c4ccc(F)cc4)c3C=C1CCC[C@@H]2[C@](C)(O)c1ccsc1. The molecule has 5 rings (SSSR count). The Morgan fingerprint density at radius 3 is 2.79 bits per heavy atom. The van der Waals surface area contributed by atoms with E-state index in [-0.39, 0.29) is 17.2 Å². The van der Waals surface area contributed by atoms with E-state index in [0.29, 0.717) is 0 Å². The highest BCUT2D eigenvalue weighted by molar-refractivity contribution is 7.08. The molecular formula is C24H25FN2OS. The van der Waals surface area contributed by atoms with E-state index < -0.39 is 5.60 Å². The largest absolute Gasteiger partial charge is 0.385 e. The van der Waals surface area contributed by atoms with Crippen LogP contribution in [0.25, 0.3) is 11.8 Å². The van der Waals surface area contributed by atoms with Crippen molar-refractivity contribution in [2.24, 2.45) is 11.3 Å². The Morgan fingerprint density at radius 1 is 1.28 bits per heavy atom. The van der Waals surface area contributed by atoms with Crippen molar-refractivity contribution in [1.29, 1.82) is 0 Å². The molecule has 1 saturated carbocycles. The first-order chi connectivity index (χ1) is 13.9. The summed E-state index contributed by atoms with van der Waals surface area (Å²) < 4.78 is 15.3. The summed E-state index contributed by atoms with van der Waals surface area (Å²) in [5, 5.41) is 20.3. The number of aromatic nitrogens is 2. The second-order valence-corrected chi connectivity index (χ2v) is 9.59. The lowest BCUT2D eigenvalue weighted by Gasteiger charge is -2.51. The smallest absolute Gasteiger partial charge is 0.123 e. The average Bonchev–Trinajstić information content (AvgIpc) is 3.36. The maximum absolute atomic E-state index is 13.3.